The van der Waals surface area contributed by atoms with Crippen LogP contribution in [0.15, 0.2) is 57.7 Å². The van der Waals surface area contributed by atoms with Crippen LogP contribution in [0.25, 0.3) is 10.1 Å². The highest BCUT2D eigenvalue weighted by atomic mass is 35.5. The van der Waals surface area contributed by atoms with Gasteiger partial charge < -0.3 is 0 Å². The first-order valence-corrected chi connectivity index (χ1v) is 8.18. The van der Waals surface area contributed by atoms with Crippen LogP contribution in [-0.4, -0.2) is 4.98 Å². The van der Waals surface area contributed by atoms with Crippen molar-refractivity contribution < 1.29 is 0 Å². The molecule has 2 aromatic carbocycles. The van der Waals surface area contributed by atoms with Crippen LogP contribution in [0.2, 0.25) is 5.02 Å². The Morgan fingerprint density at radius 1 is 1.10 bits per heavy atom. The zero-order valence-corrected chi connectivity index (χ0v) is 12.8. The van der Waals surface area contributed by atoms with E-state index < -0.39 is 0 Å². The van der Waals surface area contributed by atoms with Crippen LogP contribution in [0.1, 0.15) is 5.56 Å². The largest absolute Gasteiger partial charge is 0.280 e. The quantitative estimate of drug-likeness (QED) is 0.661. The number of nitrogens with zero attached hydrogens (tertiary/aromatic N) is 1. The SMILES string of the molecule is O=c1nc(SCc2ccccc2Cl)sc2ccccc12. The van der Waals surface area contributed by atoms with E-state index in [1.54, 1.807) is 0 Å². The number of rotatable bonds is 3. The molecule has 3 aromatic rings. The Labute approximate surface area is 129 Å². The number of fused-ring (bicyclic) bond motifs is 1. The van der Waals surface area contributed by atoms with Gasteiger partial charge in [-0.1, -0.05) is 53.7 Å². The zero-order chi connectivity index (χ0) is 13.9. The van der Waals surface area contributed by atoms with E-state index in [-0.39, 0.29) is 5.56 Å². The van der Waals surface area contributed by atoms with E-state index in [0.717, 1.165) is 19.6 Å². The molecule has 5 heteroatoms. The Bertz CT molecular complexity index is 816. The smallest absolute Gasteiger partial charge is 0.267 e. The molecule has 20 heavy (non-hydrogen) atoms. The normalized spacial score (nSPS) is 10.8. The van der Waals surface area contributed by atoms with Gasteiger partial charge in [-0.15, -0.1) is 11.3 Å². The van der Waals surface area contributed by atoms with Crippen molar-refractivity contribution in [3.05, 3.63) is 69.5 Å². The molecular weight excluding hydrogens is 310 g/mol. The number of halogens is 1. The summed E-state index contributed by atoms with van der Waals surface area (Å²) in [6.07, 6.45) is 0. The van der Waals surface area contributed by atoms with Gasteiger partial charge in [0.05, 0.1) is 5.39 Å². The monoisotopic (exact) mass is 319 g/mol. The molecule has 0 aliphatic heterocycles. The Balaban J connectivity index is 1.88. The van der Waals surface area contributed by atoms with Crippen molar-refractivity contribution in [3.8, 4) is 0 Å². The van der Waals surface area contributed by atoms with Crippen molar-refractivity contribution >= 4 is 44.8 Å². The van der Waals surface area contributed by atoms with Crippen molar-refractivity contribution in [1.82, 2.24) is 4.98 Å². The number of hydrogen-bond acceptors (Lipinski definition) is 4. The molecule has 0 unspecified atom stereocenters. The van der Waals surface area contributed by atoms with Crippen molar-refractivity contribution in [1.29, 1.82) is 0 Å². The van der Waals surface area contributed by atoms with Crippen molar-refractivity contribution in [2.24, 2.45) is 0 Å². The fraction of sp³-hybridized carbons (Fsp3) is 0.0667. The average Bonchev–Trinajstić information content (AvgIpc) is 2.46. The van der Waals surface area contributed by atoms with E-state index in [2.05, 4.69) is 4.98 Å². The van der Waals surface area contributed by atoms with Crippen LogP contribution in [0.5, 0.6) is 0 Å². The van der Waals surface area contributed by atoms with Gasteiger partial charge in [0.25, 0.3) is 5.56 Å². The molecular formula is C15H10ClNOS2. The Morgan fingerprint density at radius 3 is 2.70 bits per heavy atom. The van der Waals surface area contributed by atoms with E-state index in [4.69, 9.17) is 11.6 Å². The molecule has 0 aliphatic rings. The molecule has 0 aliphatic carbocycles. The predicted octanol–water partition coefficient (Wildman–Crippen LogP) is 4.60. The lowest BCUT2D eigenvalue weighted by Crippen LogP contribution is -2.05. The van der Waals surface area contributed by atoms with Crippen LogP contribution in [0.3, 0.4) is 0 Å². The first-order valence-electron chi connectivity index (χ1n) is 6.00. The maximum absolute atomic E-state index is 11.9. The van der Waals surface area contributed by atoms with E-state index in [0.29, 0.717) is 11.1 Å². The second-order valence-electron chi connectivity index (χ2n) is 4.16. The van der Waals surface area contributed by atoms with Crippen LogP contribution in [0, 0.1) is 0 Å². The van der Waals surface area contributed by atoms with Crippen LogP contribution >= 0.6 is 34.7 Å². The molecule has 1 heterocycles. The van der Waals surface area contributed by atoms with Crippen LogP contribution in [0.4, 0.5) is 0 Å². The third-order valence-corrected chi connectivity index (χ3v) is 5.42. The number of benzene rings is 2. The van der Waals surface area contributed by atoms with Crippen molar-refractivity contribution in [3.63, 3.8) is 0 Å². The van der Waals surface area contributed by atoms with Crippen molar-refractivity contribution in [2.75, 3.05) is 0 Å². The summed E-state index contributed by atoms with van der Waals surface area (Å²) in [6, 6.07) is 15.3. The van der Waals surface area contributed by atoms with Gasteiger partial charge in [-0.25, -0.2) is 0 Å². The number of aromatic nitrogens is 1. The van der Waals surface area contributed by atoms with Gasteiger partial charge in [0, 0.05) is 15.5 Å². The summed E-state index contributed by atoms with van der Waals surface area (Å²) in [4.78, 5) is 16.1. The maximum atomic E-state index is 11.9. The van der Waals surface area contributed by atoms with Crippen LogP contribution in [-0.2, 0) is 5.75 Å². The summed E-state index contributed by atoms with van der Waals surface area (Å²) >= 11 is 9.20. The van der Waals surface area contributed by atoms with Gasteiger partial charge in [0.1, 0.15) is 0 Å². The van der Waals surface area contributed by atoms with Gasteiger partial charge in [0.2, 0.25) is 0 Å². The number of hydrogen-bond donors (Lipinski definition) is 0. The molecule has 0 saturated heterocycles. The molecule has 0 amide bonds. The lowest BCUT2D eigenvalue weighted by atomic mass is 10.2. The van der Waals surface area contributed by atoms with Gasteiger partial charge in [0.15, 0.2) is 4.34 Å². The molecule has 0 bridgehead atoms. The minimum atomic E-state index is -0.166. The molecule has 2 nitrogen and oxygen atoms in total. The Morgan fingerprint density at radius 2 is 1.85 bits per heavy atom. The molecule has 3 rings (SSSR count). The van der Waals surface area contributed by atoms with E-state index in [1.807, 2.05) is 48.5 Å². The lowest BCUT2D eigenvalue weighted by Gasteiger charge is -2.03. The van der Waals surface area contributed by atoms with Gasteiger partial charge >= 0.3 is 0 Å². The summed E-state index contributed by atoms with van der Waals surface area (Å²) in [5.41, 5.74) is 0.884. The second-order valence-corrected chi connectivity index (χ2v) is 6.82. The molecule has 100 valence electrons. The molecule has 1 aromatic heterocycles. The summed E-state index contributed by atoms with van der Waals surface area (Å²) in [6.45, 7) is 0. The average molecular weight is 320 g/mol. The fourth-order valence-corrected chi connectivity index (χ4v) is 4.18. The lowest BCUT2D eigenvalue weighted by molar-refractivity contribution is 1.17. The summed E-state index contributed by atoms with van der Waals surface area (Å²) in [7, 11) is 0. The molecule has 0 radical (unpaired) electrons. The Hall–Kier alpha value is -1.36. The first-order chi connectivity index (χ1) is 9.74. The molecule has 0 spiro atoms. The van der Waals surface area contributed by atoms with E-state index in [1.165, 1.54) is 23.1 Å². The highest BCUT2D eigenvalue weighted by molar-refractivity contribution is 8.00. The molecule has 0 fully saturated rings. The summed E-state index contributed by atoms with van der Waals surface area (Å²) in [5, 5.41) is 1.42. The number of thioether (sulfide) groups is 1. The second kappa shape index (κ2) is 5.95. The minimum Gasteiger partial charge on any atom is -0.267 e. The maximum Gasteiger partial charge on any atom is 0.280 e. The third kappa shape index (κ3) is 2.87. The third-order valence-electron chi connectivity index (χ3n) is 2.82. The first kappa shape index (κ1) is 13.6. The van der Waals surface area contributed by atoms with E-state index in [9.17, 15) is 4.79 Å². The molecule has 0 N–H and O–H groups in total. The predicted molar refractivity (Wildman–Crippen MR) is 86.9 cm³/mol. The fourth-order valence-electron chi connectivity index (χ4n) is 1.81. The van der Waals surface area contributed by atoms with Gasteiger partial charge in [-0.05, 0) is 23.8 Å². The molecule has 0 saturated carbocycles. The summed E-state index contributed by atoms with van der Waals surface area (Å²) in [5.74, 6) is 0.709. The topological polar surface area (TPSA) is 30.0 Å². The highest BCUT2D eigenvalue weighted by Gasteiger charge is 2.06. The minimum absolute atomic E-state index is 0.166. The summed E-state index contributed by atoms with van der Waals surface area (Å²) < 4.78 is 1.74. The van der Waals surface area contributed by atoms with Crippen molar-refractivity contribution in [2.45, 2.75) is 10.1 Å². The van der Waals surface area contributed by atoms with Gasteiger partial charge in [-0.2, -0.15) is 4.98 Å². The van der Waals surface area contributed by atoms with Gasteiger partial charge in [-0.3, -0.25) is 4.79 Å². The van der Waals surface area contributed by atoms with E-state index >= 15 is 0 Å². The molecule has 0 atom stereocenters. The Kier molecular flexibility index (Phi) is 4.05. The highest BCUT2D eigenvalue weighted by Crippen LogP contribution is 2.29. The standard InChI is InChI=1S/C15H10ClNOS2/c16-12-7-3-1-5-10(12)9-19-15-17-14(18)11-6-2-4-8-13(11)20-15/h1-8H,9H2. The van der Waals surface area contributed by atoms with Crippen LogP contribution < -0.4 is 5.56 Å². The zero-order valence-electron chi connectivity index (χ0n) is 10.4.